The molecule has 82 valence electrons. The van der Waals surface area contributed by atoms with Crippen molar-refractivity contribution in [3.63, 3.8) is 0 Å². The number of hydrogen-bond donors (Lipinski definition) is 1. The highest BCUT2D eigenvalue weighted by Gasteiger charge is 2.42. The second kappa shape index (κ2) is 3.35. The van der Waals surface area contributed by atoms with Gasteiger partial charge in [0.05, 0.1) is 10.4 Å². The minimum atomic E-state index is -0.731. The second-order valence-electron chi connectivity index (χ2n) is 4.18. The van der Waals surface area contributed by atoms with Gasteiger partial charge in [-0.15, -0.1) is 0 Å². The van der Waals surface area contributed by atoms with Crippen LogP contribution < -0.4 is 9.47 Å². The van der Waals surface area contributed by atoms with E-state index in [4.69, 9.17) is 4.74 Å². The number of halogens is 1. The van der Waals surface area contributed by atoms with Gasteiger partial charge in [0.15, 0.2) is 12.4 Å². The fraction of sp³-hybridized carbons (Fsp3) is 0.500. The van der Waals surface area contributed by atoms with Crippen LogP contribution in [0.4, 0.5) is 0 Å². The number of nitrogens with zero attached hydrogens (tertiary/aromatic N) is 1. The smallest absolute Gasteiger partial charge is 0.189 e. The lowest BCUT2D eigenvalue weighted by Crippen LogP contribution is -2.46. The third kappa shape index (κ3) is 1.70. The van der Waals surface area contributed by atoms with Crippen LogP contribution in [-0.2, 0) is 0 Å². The van der Waals surface area contributed by atoms with Crippen molar-refractivity contribution in [3.05, 3.63) is 29.2 Å². The maximum absolute atomic E-state index is 11.1. The number of alkyl halides is 1. The van der Waals surface area contributed by atoms with Crippen LogP contribution in [0.25, 0.3) is 0 Å². The van der Waals surface area contributed by atoms with E-state index in [1.807, 2.05) is 13.8 Å². The number of aliphatic hydroxyl groups is 1. The maximum atomic E-state index is 11.1. The van der Waals surface area contributed by atoms with E-state index in [-0.39, 0.29) is 4.83 Å². The maximum Gasteiger partial charge on any atom is 0.189 e. The Kier molecular flexibility index (Phi) is 2.39. The van der Waals surface area contributed by atoms with Crippen molar-refractivity contribution in [1.82, 2.24) is 0 Å². The molecule has 2 atom stereocenters. The summed E-state index contributed by atoms with van der Waals surface area (Å²) >= 11 is 3.38. The first-order chi connectivity index (χ1) is 6.92. The van der Waals surface area contributed by atoms with Crippen LogP contribution in [0.2, 0.25) is 0 Å². The van der Waals surface area contributed by atoms with E-state index in [1.54, 1.807) is 6.07 Å². The minimum absolute atomic E-state index is 0.236. The van der Waals surface area contributed by atoms with Gasteiger partial charge in [-0.2, -0.15) is 4.73 Å². The molecule has 2 rings (SSSR count). The van der Waals surface area contributed by atoms with Crippen molar-refractivity contribution < 1.29 is 14.6 Å². The van der Waals surface area contributed by atoms with E-state index in [2.05, 4.69) is 15.9 Å². The van der Waals surface area contributed by atoms with Gasteiger partial charge in [0, 0.05) is 6.07 Å². The number of fused-ring (bicyclic) bond motifs is 1. The molecule has 4 nitrogen and oxygen atoms in total. The number of ether oxygens (including phenoxy) is 1. The Bertz CT molecular complexity index is 394. The fourth-order valence-corrected chi connectivity index (χ4v) is 2.05. The quantitative estimate of drug-likeness (QED) is 0.440. The van der Waals surface area contributed by atoms with Crippen molar-refractivity contribution >= 4 is 15.9 Å². The van der Waals surface area contributed by atoms with Crippen LogP contribution in [0, 0.1) is 5.21 Å². The van der Waals surface area contributed by atoms with Gasteiger partial charge >= 0.3 is 0 Å². The summed E-state index contributed by atoms with van der Waals surface area (Å²) in [7, 11) is 0. The van der Waals surface area contributed by atoms with Crippen LogP contribution in [0.15, 0.2) is 18.5 Å². The molecule has 0 aliphatic carbocycles. The summed E-state index contributed by atoms with van der Waals surface area (Å²) in [5.41, 5.74) is 0.0234. The van der Waals surface area contributed by atoms with Gasteiger partial charge in [-0.05, 0) is 13.8 Å². The molecule has 0 radical (unpaired) electrons. The van der Waals surface area contributed by atoms with E-state index >= 15 is 0 Å². The van der Waals surface area contributed by atoms with Crippen LogP contribution in [0.5, 0.6) is 5.75 Å². The van der Waals surface area contributed by atoms with Gasteiger partial charge in [-0.1, -0.05) is 15.9 Å². The summed E-state index contributed by atoms with van der Waals surface area (Å²) in [5.74, 6) is 0.565. The second-order valence-corrected chi connectivity index (χ2v) is 5.16. The van der Waals surface area contributed by atoms with Crippen molar-refractivity contribution in [2.24, 2.45) is 0 Å². The van der Waals surface area contributed by atoms with E-state index < -0.39 is 11.7 Å². The summed E-state index contributed by atoms with van der Waals surface area (Å²) in [6.07, 6.45) is 1.96. The van der Waals surface area contributed by atoms with Gasteiger partial charge in [0.2, 0.25) is 0 Å². The Morgan fingerprint density at radius 1 is 1.60 bits per heavy atom. The Morgan fingerprint density at radius 3 is 2.93 bits per heavy atom. The molecule has 0 saturated heterocycles. The molecule has 0 amide bonds. The fourth-order valence-electron chi connectivity index (χ4n) is 1.67. The predicted octanol–water partition coefficient (Wildman–Crippen LogP) is 1.29. The Balaban J connectivity index is 2.50. The summed E-state index contributed by atoms with van der Waals surface area (Å²) in [6.45, 7) is 3.77. The molecule has 5 heteroatoms. The van der Waals surface area contributed by atoms with Gasteiger partial charge in [-0.25, -0.2) is 0 Å². The molecule has 1 aromatic rings. The molecule has 0 unspecified atom stereocenters. The average molecular weight is 274 g/mol. The average Bonchev–Trinajstić information content (AvgIpc) is 2.16. The van der Waals surface area contributed by atoms with E-state index in [0.29, 0.717) is 16.0 Å². The molecule has 1 aromatic heterocycles. The lowest BCUT2D eigenvalue weighted by Gasteiger charge is -2.39. The predicted molar refractivity (Wildman–Crippen MR) is 57.8 cm³/mol. The molecule has 1 aliphatic heterocycles. The molecular formula is C10H12BrNO3. The summed E-state index contributed by atoms with van der Waals surface area (Å²) in [4.78, 5) is -0.236. The number of aliphatic hydroxyl groups excluding tert-OH is 1. The molecule has 1 N–H and O–H groups in total. The van der Waals surface area contributed by atoms with Crippen molar-refractivity contribution in [2.75, 3.05) is 0 Å². The standard InChI is InChI=1S/C10H12BrNO3/c1-10(2)9(11)8(13)6-5-12(14)4-3-7(6)15-10/h3-5,8-9,13H,1-2H3/t8-,9+/m1/s1. The number of aromatic nitrogens is 1. The zero-order chi connectivity index (χ0) is 11.2. The van der Waals surface area contributed by atoms with Crippen LogP contribution in [-0.4, -0.2) is 15.5 Å². The topological polar surface area (TPSA) is 56.4 Å². The zero-order valence-corrected chi connectivity index (χ0v) is 10.1. The summed E-state index contributed by atoms with van der Waals surface area (Å²) in [5, 5.41) is 21.1. The number of pyridine rings is 1. The first-order valence-electron chi connectivity index (χ1n) is 4.66. The highest BCUT2D eigenvalue weighted by atomic mass is 79.9. The lowest BCUT2D eigenvalue weighted by molar-refractivity contribution is -0.606. The van der Waals surface area contributed by atoms with Gasteiger partial charge in [-0.3, -0.25) is 0 Å². The summed E-state index contributed by atoms with van der Waals surface area (Å²) < 4.78 is 6.35. The highest BCUT2D eigenvalue weighted by molar-refractivity contribution is 9.09. The summed E-state index contributed by atoms with van der Waals surface area (Å²) in [6, 6.07) is 1.58. The lowest BCUT2D eigenvalue weighted by atomic mass is 9.93. The van der Waals surface area contributed by atoms with Crippen molar-refractivity contribution in [1.29, 1.82) is 0 Å². The molecule has 0 bridgehead atoms. The van der Waals surface area contributed by atoms with Crippen LogP contribution in [0.3, 0.4) is 0 Å². The number of hydrogen-bond acceptors (Lipinski definition) is 3. The number of rotatable bonds is 0. The zero-order valence-electron chi connectivity index (χ0n) is 8.48. The first-order valence-corrected chi connectivity index (χ1v) is 5.57. The van der Waals surface area contributed by atoms with Gasteiger partial charge in [0.1, 0.15) is 17.5 Å². The third-order valence-electron chi connectivity index (χ3n) is 2.56. The molecule has 0 aromatic carbocycles. The third-order valence-corrected chi connectivity index (χ3v) is 4.16. The van der Waals surface area contributed by atoms with Crippen LogP contribution in [0.1, 0.15) is 25.5 Å². The minimum Gasteiger partial charge on any atom is -0.619 e. The van der Waals surface area contributed by atoms with E-state index in [9.17, 15) is 10.3 Å². The van der Waals surface area contributed by atoms with Crippen LogP contribution >= 0.6 is 15.9 Å². The Morgan fingerprint density at radius 2 is 2.27 bits per heavy atom. The largest absolute Gasteiger partial charge is 0.619 e. The molecule has 0 saturated carbocycles. The van der Waals surface area contributed by atoms with Gasteiger partial charge < -0.3 is 15.1 Å². The highest BCUT2D eigenvalue weighted by Crippen LogP contribution is 2.42. The Labute approximate surface area is 96.2 Å². The van der Waals surface area contributed by atoms with E-state index in [1.165, 1.54) is 12.4 Å². The van der Waals surface area contributed by atoms with Crippen molar-refractivity contribution in [2.45, 2.75) is 30.4 Å². The molecule has 2 heterocycles. The van der Waals surface area contributed by atoms with E-state index in [0.717, 1.165) is 0 Å². The molecule has 0 spiro atoms. The molecular weight excluding hydrogens is 262 g/mol. The normalized spacial score (nSPS) is 28.0. The molecule has 15 heavy (non-hydrogen) atoms. The monoisotopic (exact) mass is 273 g/mol. The molecule has 1 aliphatic rings. The Hall–Kier alpha value is -0.810. The first kappa shape index (κ1) is 10.7. The molecule has 0 fully saturated rings. The van der Waals surface area contributed by atoms with Gasteiger partial charge in [0.25, 0.3) is 0 Å². The SMILES string of the molecule is CC1(C)Oc2cc[n+]([O-])cc2[C@@H](O)[C@@H]1Br. The van der Waals surface area contributed by atoms with Crippen molar-refractivity contribution in [3.8, 4) is 5.75 Å².